The molecular weight excluding hydrogens is 296 g/mol. The predicted molar refractivity (Wildman–Crippen MR) is 91.8 cm³/mol. The van der Waals surface area contributed by atoms with Crippen LogP contribution < -0.4 is 23.0 Å². The minimum absolute atomic E-state index is 0. The van der Waals surface area contributed by atoms with Crippen molar-refractivity contribution in [3.8, 4) is 0 Å². The molecule has 1 fully saturated rings. The molecule has 1 saturated heterocycles. The number of hydrogen-bond donors (Lipinski definition) is 1. The number of anilines is 2. The molecular formula is C17H31ClN4. The van der Waals surface area contributed by atoms with Crippen molar-refractivity contribution in [3.05, 3.63) is 23.8 Å². The molecule has 2 N–H and O–H groups in total. The summed E-state index contributed by atoms with van der Waals surface area (Å²) < 4.78 is 1.06. The van der Waals surface area contributed by atoms with Crippen molar-refractivity contribution in [1.82, 2.24) is 4.90 Å². The fraction of sp³-hybridized carbons (Fsp3) is 0.647. The number of nitrogens with two attached hydrogens (primary N) is 1. The van der Waals surface area contributed by atoms with Crippen molar-refractivity contribution in [3.63, 3.8) is 0 Å². The van der Waals surface area contributed by atoms with Crippen LogP contribution >= 0.6 is 0 Å². The fourth-order valence-corrected chi connectivity index (χ4v) is 2.85. The van der Waals surface area contributed by atoms with E-state index in [1.807, 2.05) is 6.07 Å². The zero-order valence-corrected chi connectivity index (χ0v) is 15.2. The molecule has 0 unspecified atom stereocenters. The Kier molecular flexibility index (Phi) is 6.98. The van der Waals surface area contributed by atoms with E-state index >= 15 is 0 Å². The van der Waals surface area contributed by atoms with Crippen LogP contribution in [0.4, 0.5) is 11.4 Å². The number of benzene rings is 1. The maximum atomic E-state index is 5.90. The third-order valence-corrected chi connectivity index (χ3v) is 4.29. The van der Waals surface area contributed by atoms with Crippen LogP contribution in [0.1, 0.15) is 12.0 Å². The number of hydrogen-bond acceptors (Lipinski definition) is 3. The van der Waals surface area contributed by atoms with Gasteiger partial charge >= 0.3 is 0 Å². The van der Waals surface area contributed by atoms with Gasteiger partial charge in [-0.3, -0.25) is 4.90 Å². The summed E-state index contributed by atoms with van der Waals surface area (Å²) >= 11 is 0. The molecule has 0 aromatic heterocycles. The molecule has 5 heteroatoms. The van der Waals surface area contributed by atoms with E-state index in [0.29, 0.717) is 0 Å². The second kappa shape index (κ2) is 8.04. The van der Waals surface area contributed by atoms with E-state index in [2.05, 4.69) is 50.0 Å². The van der Waals surface area contributed by atoms with Crippen molar-refractivity contribution >= 4 is 11.4 Å². The third-order valence-electron chi connectivity index (χ3n) is 4.29. The van der Waals surface area contributed by atoms with E-state index in [1.165, 1.54) is 43.9 Å². The van der Waals surface area contributed by atoms with Crippen molar-refractivity contribution in [1.29, 1.82) is 0 Å². The molecule has 0 aliphatic carbocycles. The Hall–Kier alpha value is -0.970. The van der Waals surface area contributed by atoms with Gasteiger partial charge in [0.25, 0.3) is 0 Å². The van der Waals surface area contributed by atoms with Crippen LogP contribution in [0.25, 0.3) is 0 Å². The molecule has 0 spiro atoms. The van der Waals surface area contributed by atoms with Gasteiger partial charge in [-0.2, -0.15) is 0 Å². The highest BCUT2D eigenvalue weighted by molar-refractivity contribution is 5.58. The second-order valence-corrected chi connectivity index (χ2v) is 7.24. The summed E-state index contributed by atoms with van der Waals surface area (Å²) in [6, 6.07) is 6.38. The average molecular weight is 327 g/mol. The van der Waals surface area contributed by atoms with Crippen molar-refractivity contribution < 1.29 is 16.9 Å². The monoisotopic (exact) mass is 326 g/mol. The lowest BCUT2D eigenvalue weighted by Gasteiger charge is -2.36. The van der Waals surface area contributed by atoms with Crippen LogP contribution in [0, 0.1) is 6.92 Å². The molecule has 0 saturated carbocycles. The molecule has 0 atom stereocenters. The highest BCUT2D eigenvalue weighted by atomic mass is 35.5. The molecule has 1 aliphatic rings. The first-order chi connectivity index (χ1) is 9.85. The Balaban J connectivity index is 0.00000242. The summed E-state index contributed by atoms with van der Waals surface area (Å²) in [6.07, 6.45) is 1.28. The zero-order valence-electron chi connectivity index (χ0n) is 14.5. The Morgan fingerprint density at radius 3 is 2.27 bits per heavy atom. The number of nitrogen functional groups attached to an aromatic ring is 1. The van der Waals surface area contributed by atoms with Gasteiger partial charge in [0.2, 0.25) is 0 Å². The number of nitrogens with zero attached hydrogens (tertiary/aromatic N) is 3. The molecule has 0 amide bonds. The number of piperazine rings is 1. The lowest BCUT2D eigenvalue weighted by molar-refractivity contribution is -0.870. The van der Waals surface area contributed by atoms with Gasteiger partial charge in [0.05, 0.1) is 27.7 Å². The minimum Gasteiger partial charge on any atom is -1.00 e. The average Bonchev–Trinajstić information content (AvgIpc) is 2.41. The number of halogens is 1. The maximum Gasteiger partial charge on any atom is 0.0792 e. The molecule has 2 rings (SSSR count). The van der Waals surface area contributed by atoms with Gasteiger partial charge in [-0.05, 0) is 30.7 Å². The molecule has 4 nitrogen and oxygen atoms in total. The quantitative estimate of drug-likeness (QED) is 0.545. The Labute approximate surface area is 141 Å². The third kappa shape index (κ3) is 5.67. The van der Waals surface area contributed by atoms with Gasteiger partial charge in [-0.25, -0.2) is 0 Å². The molecule has 1 aromatic carbocycles. The normalized spacial score (nSPS) is 16.5. The predicted octanol–water partition coefficient (Wildman–Crippen LogP) is -1.20. The van der Waals surface area contributed by atoms with Gasteiger partial charge in [-0.15, -0.1) is 0 Å². The smallest absolute Gasteiger partial charge is 0.0792 e. The van der Waals surface area contributed by atoms with Gasteiger partial charge < -0.3 is 27.5 Å². The Bertz CT molecular complexity index is 462. The van der Waals surface area contributed by atoms with Crippen LogP contribution in [0.3, 0.4) is 0 Å². The van der Waals surface area contributed by atoms with Crippen LogP contribution in [-0.2, 0) is 0 Å². The van der Waals surface area contributed by atoms with Crippen LogP contribution in [0.2, 0.25) is 0 Å². The lowest BCUT2D eigenvalue weighted by atomic mass is 10.1. The Morgan fingerprint density at radius 1 is 1.09 bits per heavy atom. The largest absolute Gasteiger partial charge is 1.00 e. The first-order valence-electron chi connectivity index (χ1n) is 7.99. The van der Waals surface area contributed by atoms with Gasteiger partial charge in [0, 0.05) is 50.5 Å². The number of aryl methyl sites for hydroxylation is 1. The first-order valence-corrected chi connectivity index (χ1v) is 7.99. The minimum atomic E-state index is 0. The summed E-state index contributed by atoms with van der Waals surface area (Å²) in [5.74, 6) is 0. The zero-order chi connectivity index (χ0) is 15.5. The summed E-state index contributed by atoms with van der Waals surface area (Å²) in [4.78, 5) is 5.07. The van der Waals surface area contributed by atoms with E-state index in [0.717, 1.165) is 23.3 Å². The van der Waals surface area contributed by atoms with E-state index in [9.17, 15) is 0 Å². The van der Waals surface area contributed by atoms with Crippen molar-refractivity contribution in [2.75, 3.05) is 71.0 Å². The van der Waals surface area contributed by atoms with Crippen LogP contribution in [0.15, 0.2) is 18.2 Å². The molecule has 0 bridgehead atoms. The van der Waals surface area contributed by atoms with E-state index in [4.69, 9.17) is 5.73 Å². The van der Waals surface area contributed by atoms with Crippen molar-refractivity contribution in [2.45, 2.75) is 13.3 Å². The lowest BCUT2D eigenvalue weighted by Crippen LogP contribution is -3.00. The highest BCUT2D eigenvalue weighted by Crippen LogP contribution is 2.21. The Morgan fingerprint density at radius 2 is 1.73 bits per heavy atom. The molecule has 1 aromatic rings. The fourth-order valence-electron chi connectivity index (χ4n) is 2.85. The molecule has 1 heterocycles. The standard InChI is InChI=1S/C17H31N4.ClH/c1-15-14-16(6-7-17(15)18)20-11-9-19(10-12-20)8-5-13-21(2,3)4;/h6-7,14H,5,8-13,18H2,1-4H3;1H/q+1;/p-1. The molecule has 22 heavy (non-hydrogen) atoms. The summed E-state index contributed by atoms with van der Waals surface area (Å²) in [7, 11) is 6.80. The van der Waals surface area contributed by atoms with Crippen LogP contribution in [-0.4, -0.2) is 69.8 Å². The van der Waals surface area contributed by atoms with Gasteiger partial charge in [0.1, 0.15) is 0 Å². The first kappa shape index (κ1) is 19.1. The second-order valence-electron chi connectivity index (χ2n) is 7.24. The highest BCUT2D eigenvalue weighted by Gasteiger charge is 2.18. The summed E-state index contributed by atoms with van der Waals surface area (Å²) in [5.41, 5.74) is 9.28. The number of quaternary nitrogens is 1. The number of rotatable bonds is 5. The van der Waals surface area contributed by atoms with Gasteiger partial charge in [0.15, 0.2) is 0 Å². The topological polar surface area (TPSA) is 32.5 Å². The van der Waals surface area contributed by atoms with E-state index in [-0.39, 0.29) is 12.4 Å². The SMILES string of the molecule is Cc1cc(N2CCN(CCC[N+](C)(C)C)CC2)ccc1N.[Cl-]. The van der Waals surface area contributed by atoms with E-state index in [1.54, 1.807) is 0 Å². The summed E-state index contributed by atoms with van der Waals surface area (Å²) in [6.45, 7) is 9.13. The van der Waals surface area contributed by atoms with Crippen molar-refractivity contribution in [2.24, 2.45) is 0 Å². The van der Waals surface area contributed by atoms with Gasteiger partial charge in [-0.1, -0.05) is 0 Å². The van der Waals surface area contributed by atoms with Crippen LogP contribution in [0.5, 0.6) is 0 Å². The summed E-state index contributed by atoms with van der Waals surface area (Å²) in [5, 5.41) is 0. The van der Waals surface area contributed by atoms with E-state index < -0.39 is 0 Å². The molecule has 0 radical (unpaired) electrons. The molecule has 1 aliphatic heterocycles. The molecule has 126 valence electrons. The maximum absolute atomic E-state index is 5.90.